The molecule has 0 aliphatic heterocycles. The van der Waals surface area contributed by atoms with E-state index in [-0.39, 0.29) is 6.04 Å². The average Bonchev–Trinajstić information content (AvgIpc) is 2.32. The van der Waals surface area contributed by atoms with Crippen LogP contribution in [0.3, 0.4) is 0 Å². The van der Waals surface area contributed by atoms with Crippen LogP contribution in [0.25, 0.3) is 0 Å². The second-order valence-corrected chi connectivity index (χ2v) is 6.19. The zero-order chi connectivity index (χ0) is 14.9. The van der Waals surface area contributed by atoms with Gasteiger partial charge in [0.2, 0.25) is 0 Å². The van der Waals surface area contributed by atoms with E-state index in [0.717, 1.165) is 5.69 Å². The van der Waals surface area contributed by atoms with Crippen LogP contribution in [0.1, 0.15) is 35.2 Å². The fourth-order valence-corrected chi connectivity index (χ4v) is 2.94. The number of hydrogen-bond donors (Lipinski definition) is 1. The van der Waals surface area contributed by atoms with Crippen molar-refractivity contribution in [3.63, 3.8) is 0 Å². The minimum Gasteiger partial charge on any atom is -0.378 e. The van der Waals surface area contributed by atoms with Crippen molar-refractivity contribution in [1.82, 2.24) is 0 Å². The van der Waals surface area contributed by atoms with Gasteiger partial charge < -0.3 is 5.32 Å². The van der Waals surface area contributed by atoms with Crippen LogP contribution in [0.2, 0.25) is 10.0 Å². The lowest BCUT2D eigenvalue weighted by molar-refractivity contribution is 0.870. The summed E-state index contributed by atoms with van der Waals surface area (Å²) in [6.45, 7) is 8.57. The molecule has 1 N–H and O–H groups in total. The van der Waals surface area contributed by atoms with Gasteiger partial charge in [-0.2, -0.15) is 0 Å². The van der Waals surface area contributed by atoms with Crippen molar-refractivity contribution in [2.24, 2.45) is 0 Å². The topological polar surface area (TPSA) is 12.0 Å². The molecule has 2 aromatic carbocycles. The summed E-state index contributed by atoms with van der Waals surface area (Å²) >= 11 is 12.1. The Bertz CT molecular complexity index is 615. The summed E-state index contributed by atoms with van der Waals surface area (Å²) in [5.74, 6) is 0. The van der Waals surface area contributed by atoms with Gasteiger partial charge in [-0.1, -0.05) is 35.3 Å². The standard InChI is InChI=1S/C17H19Cl2N/c1-10-5-12(3)17(6-11(10)2)13(4)20-16-8-14(18)7-15(19)9-16/h5-9,13,20H,1-4H3. The molecule has 0 bridgehead atoms. The van der Waals surface area contributed by atoms with Crippen molar-refractivity contribution in [2.75, 3.05) is 5.32 Å². The third-order valence-corrected chi connectivity index (χ3v) is 4.03. The van der Waals surface area contributed by atoms with Crippen LogP contribution in [-0.2, 0) is 0 Å². The van der Waals surface area contributed by atoms with Crippen LogP contribution < -0.4 is 5.32 Å². The summed E-state index contributed by atoms with van der Waals surface area (Å²) in [5.41, 5.74) is 6.16. The molecule has 1 atom stereocenters. The van der Waals surface area contributed by atoms with Crippen molar-refractivity contribution < 1.29 is 0 Å². The monoisotopic (exact) mass is 307 g/mol. The van der Waals surface area contributed by atoms with Gasteiger partial charge in [-0.25, -0.2) is 0 Å². The summed E-state index contributed by atoms with van der Waals surface area (Å²) in [6.07, 6.45) is 0. The van der Waals surface area contributed by atoms with Crippen molar-refractivity contribution in [3.8, 4) is 0 Å². The number of hydrogen-bond acceptors (Lipinski definition) is 1. The molecule has 3 heteroatoms. The molecule has 0 amide bonds. The van der Waals surface area contributed by atoms with Crippen LogP contribution >= 0.6 is 23.2 Å². The summed E-state index contributed by atoms with van der Waals surface area (Å²) < 4.78 is 0. The van der Waals surface area contributed by atoms with Gasteiger partial charge >= 0.3 is 0 Å². The molecule has 0 aliphatic carbocycles. The predicted molar refractivity (Wildman–Crippen MR) is 89.2 cm³/mol. The molecule has 0 aliphatic rings. The summed E-state index contributed by atoms with van der Waals surface area (Å²) in [5, 5.41) is 4.74. The highest BCUT2D eigenvalue weighted by Crippen LogP contribution is 2.28. The molecular formula is C17H19Cl2N. The second kappa shape index (κ2) is 6.07. The van der Waals surface area contributed by atoms with Crippen LogP contribution in [0.15, 0.2) is 30.3 Å². The van der Waals surface area contributed by atoms with E-state index in [9.17, 15) is 0 Å². The third-order valence-electron chi connectivity index (χ3n) is 3.59. The number of rotatable bonds is 3. The van der Waals surface area contributed by atoms with E-state index in [4.69, 9.17) is 23.2 Å². The van der Waals surface area contributed by atoms with Crippen molar-refractivity contribution in [3.05, 3.63) is 62.6 Å². The van der Waals surface area contributed by atoms with Crippen LogP contribution in [0, 0.1) is 20.8 Å². The number of aryl methyl sites for hydroxylation is 3. The number of benzene rings is 2. The van der Waals surface area contributed by atoms with E-state index < -0.39 is 0 Å². The average molecular weight is 308 g/mol. The Morgan fingerprint density at radius 2 is 1.35 bits per heavy atom. The van der Waals surface area contributed by atoms with Gasteiger partial charge in [0.15, 0.2) is 0 Å². The van der Waals surface area contributed by atoms with Gasteiger partial charge in [-0.15, -0.1) is 0 Å². The van der Waals surface area contributed by atoms with E-state index in [1.807, 2.05) is 12.1 Å². The minimum atomic E-state index is 0.198. The van der Waals surface area contributed by atoms with Gasteiger partial charge in [-0.05, 0) is 68.1 Å². The first-order valence-corrected chi connectivity index (χ1v) is 7.43. The van der Waals surface area contributed by atoms with E-state index in [0.29, 0.717) is 10.0 Å². The molecule has 1 nitrogen and oxygen atoms in total. The molecular weight excluding hydrogens is 289 g/mol. The smallest absolute Gasteiger partial charge is 0.0488 e. The first kappa shape index (κ1) is 15.2. The van der Waals surface area contributed by atoms with E-state index >= 15 is 0 Å². The first-order valence-electron chi connectivity index (χ1n) is 6.67. The predicted octanol–water partition coefficient (Wildman–Crippen LogP) is 6.09. The van der Waals surface area contributed by atoms with Gasteiger partial charge in [0.25, 0.3) is 0 Å². The first-order chi connectivity index (χ1) is 9.36. The Morgan fingerprint density at radius 3 is 1.95 bits per heavy atom. The van der Waals surface area contributed by atoms with Crippen LogP contribution in [-0.4, -0.2) is 0 Å². The lowest BCUT2D eigenvalue weighted by Gasteiger charge is -2.20. The maximum absolute atomic E-state index is 6.03. The van der Waals surface area contributed by atoms with E-state index in [1.165, 1.54) is 22.3 Å². The van der Waals surface area contributed by atoms with Crippen LogP contribution in [0.5, 0.6) is 0 Å². The van der Waals surface area contributed by atoms with Crippen molar-refractivity contribution >= 4 is 28.9 Å². The van der Waals surface area contributed by atoms with Crippen molar-refractivity contribution in [1.29, 1.82) is 0 Å². The van der Waals surface area contributed by atoms with Crippen molar-refractivity contribution in [2.45, 2.75) is 33.7 Å². The van der Waals surface area contributed by atoms with Gasteiger partial charge in [0.1, 0.15) is 0 Å². The third kappa shape index (κ3) is 3.47. The summed E-state index contributed by atoms with van der Waals surface area (Å²) in [7, 11) is 0. The summed E-state index contributed by atoms with van der Waals surface area (Å²) in [6, 6.07) is 10.2. The summed E-state index contributed by atoms with van der Waals surface area (Å²) in [4.78, 5) is 0. The highest BCUT2D eigenvalue weighted by Gasteiger charge is 2.10. The Hall–Kier alpha value is -1.18. The van der Waals surface area contributed by atoms with Gasteiger partial charge in [0, 0.05) is 21.8 Å². The number of nitrogens with one attached hydrogen (secondary N) is 1. The van der Waals surface area contributed by atoms with Gasteiger partial charge in [0.05, 0.1) is 0 Å². The molecule has 0 heterocycles. The van der Waals surface area contributed by atoms with Gasteiger partial charge in [-0.3, -0.25) is 0 Å². The Kier molecular flexibility index (Phi) is 4.62. The Morgan fingerprint density at radius 1 is 0.800 bits per heavy atom. The molecule has 106 valence electrons. The molecule has 20 heavy (non-hydrogen) atoms. The highest BCUT2D eigenvalue weighted by molar-refractivity contribution is 6.35. The SMILES string of the molecule is Cc1cc(C)c(C(C)Nc2cc(Cl)cc(Cl)c2)cc1C. The zero-order valence-corrected chi connectivity index (χ0v) is 13.7. The maximum Gasteiger partial charge on any atom is 0.0488 e. The lowest BCUT2D eigenvalue weighted by Crippen LogP contribution is -2.09. The molecule has 0 fully saturated rings. The molecule has 0 radical (unpaired) electrons. The normalized spacial score (nSPS) is 12.3. The van der Waals surface area contributed by atoms with E-state index in [2.05, 4.69) is 45.1 Å². The molecule has 0 spiro atoms. The minimum absolute atomic E-state index is 0.198. The highest BCUT2D eigenvalue weighted by atomic mass is 35.5. The molecule has 1 unspecified atom stereocenters. The second-order valence-electron chi connectivity index (χ2n) is 5.32. The molecule has 0 saturated carbocycles. The molecule has 0 aromatic heterocycles. The maximum atomic E-state index is 6.03. The Labute approximate surface area is 130 Å². The quantitative estimate of drug-likeness (QED) is 0.723. The fourth-order valence-electron chi connectivity index (χ4n) is 2.41. The number of halogens is 2. The Balaban J connectivity index is 2.28. The molecule has 0 saturated heterocycles. The number of anilines is 1. The van der Waals surface area contributed by atoms with E-state index in [1.54, 1.807) is 6.07 Å². The van der Waals surface area contributed by atoms with Crippen LogP contribution in [0.4, 0.5) is 5.69 Å². The zero-order valence-electron chi connectivity index (χ0n) is 12.2. The molecule has 2 rings (SSSR count). The fraction of sp³-hybridized carbons (Fsp3) is 0.294. The lowest BCUT2D eigenvalue weighted by atomic mass is 9.96. The largest absolute Gasteiger partial charge is 0.378 e. The molecule has 2 aromatic rings.